The Hall–Kier alpha value is -2.82. The molecule has 1 N–H and O–H groups in total. The maximum absolute atomic E-state index is 12.1. The summed E-state index contributed by atoms with van der Waals surface area (Å²) >= 11 is 0. The molecular weight excluding hydrogens is 292 g/mol. The molecule has 1 aliphatic heterocycles. The van der Waals surface area contributed by atoms with Gasteiger partial charge in [-0.3, -0.25) is 14.5 Å². The Morgan fingerprint density at radius 3 is 2.30 bits per heavy atom. The maximum Gasteiger partial charge on any atom is 0.252 e. The van der Waals surface area contributed by atoms with Crippen molar-refractivity contribution in [2.24, 2.45) is 0 Å². The monoisotopic (exact) mass is 310 g/mol. The van der Waals surface area contributed by atoms with Crippen molar-refractivity contribution in [2.45, 2.75) is 19.4 Å². The van der Waals surface area contributed by atoms with E-state index < -0.39 is 6.04 Å². The number of rotatable bonds is 5. The summed E-state index contributed by atoms with van der Waals surface area (Å²) in [6.07, 6.45) is 0.203. The van der Waals surface area contributed by atoms with Crippen LogP contribution in [0.4, 0.5) is 5.69 Å². The van der Waals surface area contributed by atoms with E-state index in [9.17, 15) is 9.59 Å². The third-order valence-corrected chi connectivity index (χ3v) is 3.73. The van der Waals surface area contributed by atoms with Gasteiger partial charge in [-0.2, -0.15) is 0 Å². The summed E-state index contributed by atoms with van der Waals surface area (Å²) < 4.78 is 5.72. The molecular formula is C18H18N2O3. The van der Waals surface area contributed by atoms with Crippen LogP contribution in [0.25, 0.3) is 0 Å². The van der Waals surface area contributed by atoms with Crippen molar-refractivity contribution in [1.82, 2.24) is 4.90 Å². The van der Waals surface area contributed by atoms with Crippen LogP contribution in [0.3, 0.4) is 0 Å². The fourth-order valence-corrected chi connectivity index (χ4v) is 2.57. The number of nitrogens with one attached hydrogen (secondary N) is 1. The van der Waals surface area contributed by atoms with Gasteiger partial charge in [-0.1, -0.05) is 18.2 Å². The smallest absolute Gasteiger partial charge is 0.252 e. The summed E-state index contributed by atoms with van der Waals surface area (Å²) in [4.78, 5) is 25.1. The van der Waals surface area contributed by atoms with Crippen molar-refractivity contribution in [1.29, 1.82) is 0 Å². The SMILES string of the molecule is CCN1C(=O)C[C@@H](Nc2ccc(Oc3ccccc3)cc2)C1=O. The molecule has 1 heterocycles. The molecule has 23 heavy (non-hydrogen) atoms. The topological polar surface area (TPSA) is 58.6 Å². The Morgan fingerprint density at radius 1 is 1.04 bits per heavy atom. The molecule has 1 saturated heterocycles. The van der Waals surface area contributed by atoms with Gasteiger partial charge in [0.2, 0.25) is 5.91 Å². The Morgan fingerprint density at radius 2 is 1.70 bits per heavy atom. The Kier molecular flexibility index (Phi) is 4.28. The van der Waals surface area contributed by atoms with Crippen LogP contribution in [0.2, 0.25) is 0 Å². The van der Waals surface area contributed by atoms with Crippen molar-refractivity contribution in [3.05, 3.63) is 54.6 Å². The van der Waals surface area contributed by atoms with E-state index in [1.54, 1.807) is 6.92 Å². The lowest BCUT2D eigenvalue weighted by atomic mass is 10.2. The molecule has 0 unspecified atom stereocenters. The number of hydrogen-bond donors (Lipinski definition) is 1. The first-order valence-electron chi connectivity index (χ1n) is 7.61. The highest BCUT2D eigenvalue weighted by molar-refractivity contribution is 6.06. The summed E-state index contributed by atoms with van der Waals surface area (Å²) in [6.45, 7) is 2.22. The van der Waals surface area contributed by atoms with Crippen molar-refractivity contribution in [3.63, 3.8) is 0 Å². The fraction of sp³-hybridized carbons (Fsp3) is 0.222. The minimum Gasteiger partial charge on any atom is -0.457 e. The van der Waals surface area contributed by atoms with Crippen LogP contribution in [0.5, 0.6) is 11.5 Å². The number of hydrogen-bond acceptors (Lipinski definition) is 4. The Labute approximate surface area is 134 Å². The van der Waals surface area contributed by atoms with E-state index >= 15 is 0 Å². The van der Waals surface area contributed by atoms with E-state index in [1.165, 1.54) is 4.90 Å². The highest BCUT2D eigenvalue weighted by atomic mass is 16.5. The van der Waals surface area contributed by atoms with Gasteiger partial charge in [-0.25, -0.2) is 0 Å². The average Bonchev–Trinajstić information content (AvgIpc) is 2.83. The van der Waals surface area contributed by atoms with Gasteiger partial charge >= 0.3 is 0 Å². The molecule has 0 aromatic heterocycles. The second-order valence-corrected chi connectivity index (χ2v) is 5.32. The predicted molar refractivity (Wildman–Crippen MR) is 87.4 cm³/mol. The third kappa shape index (κ3) is 3.34. The first kappa shape index (κ1) is 15.1. The molecule has 2 aromatic rings. The van der Waals surface area contributed by atoms with Gasteiger partial charge < -0.3 is 10.1 Å². The Balaban J connectivity index is 1.64. The van der Waals surface area contributed by atoms with Crippen LogP contribution in [-0.2, 0) is 9.59 Å². The number of carbonyl (C=O) groups excluding carboxylic acids is 2. The average molecular weight is 310 g/mol. The van der Waals surface area contributed by atoms with Crippen LogP contribution in [-0.4, -0.2) is 29.3 Å². The van der Waals surface area contributed by atoms with E-state index in [0.717, 1.165) is 11.4 Å². The molecule has 2 amide bonds. The summed E-state index contributed by atoms with van der Waals surface area (Å²) in [7, 11) is 0. The normalized spacial score (nSPS) is 17.4. The van der Waals surface area contributed by atoms with E-state index in [-0.39, 0.29) is 18.2 Å². The molecule has 1 aliphatic rings. The number of ether oxygens (including phenoxy) is 1. The van der Waals surface area contributed by atoms with Crippen molar-refractivity contribution in [3.8, 4) is 11.5 Å². The first-order chi connectivity index (χ1) is 11.2. The number of anilines is 1. The molecule has 0 spiro atoms. The summed E-state index contributed by atoms with van der Waals surface area (Å²) in [6, 6.07) is 16.4. The number of carbonyl (C=O) groups is 2. The zero-order valence-corrected chi connectivity index (χ0v) is 12.9. The molecule has 2 aromatic carbocycles. The minimum atomic E-state index is -0.483. The van der Waals surface area contributed by atoms with Crippen LogP contribution in [0.15, 0.2) is 54.6 Å². The molecule has 1 fully saturated rings. The molecule has 0 bridgehead atoms. The lowest BCUT2D eigenvalue weighted by Crippen LogP contribution is -2.34. The quantitative estimate of drug-likeness (QED) is 0.862. The molecule has 118 valence electrons. The maximum atomic E-state index is 12.1. The molecule has 1 atom stereocenters. The van der Waals surface area contributed by atoms with Gasteiger partial charge in [0.25, 0.3) is 5.91 Å². The predicted octanol–water partition coefficient (Wildman–Crippen LogP) is 3.04. The molecule has 5 nitrogen and oxygen atoms in total. The second-order valence-electron chi connectivity index (χ2n) is 5.32. The number of imide groups is 1. The standard InChI is InChI=1S/C18H18N2O3/c1-2-20-17(21)12-16(18(20)22)19-13-8-10-15(11-9-13)23-14-6-4-3-5-7-14/h3-11,16,19H,2,12H2,1H3/t16-/m1/s1. The van der Waals surface area contributed by atoms with Gasteiger partial charge in [-0.15, -0.1) is 0 Å². The number of amides is 2. The first-order valence-corrected chi connectivity index (χ1v) is 7.61. The third-order valence-electron chi connectivity index (χ3n) is 3.73. The lowest BCUT2D eigenvalue weighted by Gasteiger charge is -2.14. The molecule has 0 radical (unpaired) electrons. The van der Waals surface area contributed by atoms with Gasteiger partial charge in [0, 0.05) is 12.2 Å². The van der Waals surface area contributed by atoms with Crippen LogP contribution >= 0.6 is 0 Å². The van der Waals surface area contributed by atoms with Crippen molar-refractivity contribution >= 4 is 17.5 Å². The molecule has 3 rings (SSSR count). The van der Waals surface area contributed by atoms with E-state index in [0.29, 0.717) is 12.3 Å². The van der Waals surface area contributed by atoms with Crippen LogP contribution in [0.1, 0.15) is 13.3 Å². The van der Waals surface area contributed by atoms with Crippen molar-refractivity contribution in [2.75, 3.05) is 11.9 Å². The Bertz CT molecular complexity index is 698. The molecule has 5 heteroatoms. The molecule has 0 aliphatic carbocycles. The zero-order valence-electron chi connectivity index (χ0n) is 12.9. The summed E-state index contributed by atoms with van der Waals surface area (Å²) in [5, 5.41) is 3.11. The van der Waals surface area contributed by atoms with E-state index in [1.807, 2.05) is 54.6 Å². The number of likely N-dealkylation sites (tertiary alicyclic amines) is 1. The van der Waals surface area contributed by atoms with Gasteiger partial charge in [0.15, 0.2) is 0 Å². The largest absolute Gasteiger partial charge is 0.457 e. The number of para-hydroxylation sites is 1. The highest BCUT2D eigenvalue weighted by Gasteiger charge is 2.37. The highest BCUT2D eigenvalue weighted by Crippen LogP contribution is 2.24. The van der Waals surface area contributed by atoms with Gasteiger partial charge in [0.1, 0.15) is 17.5 Å². The summed E-state index contributed by atoms with van der Waals surface area (Å²) in [5.74, 6) is 1.19. The minimum absolute atomic E-state index is 0.126. The van der Waals surface area contributed by atoms with Crippen LogP contribution in [0, 0.1) is 0 Å². The van der Waals surface area contributed by atoms with Crippen molar-refractivity contribution < 1.29 is 14.3 Å². The number of nitrogens with zero attached hydrogens (tertiary/aromatic N) is 1. The van der Waals surface area contributed by atoms with Crippen LogP contribution < -0.4 is 10.1 Å². The summed E-state index contributed by atoms with van der Waals surface area (Å²) in [5.41, 5.74) is 0.787. The second kappa shape index (κ2) is 6.52. The van der Waals surface area contributed by atoms with E-state index in [4.69, 9.17) is 4.74 Å². The number of likely N-dealkylation sites (N-methyl/N-ethyl adjacent to an activating group) is 1. The zero-order chi connectivity index (χ0) is 16.2. The van der Waals surface area contributed by atoms with E-state index in [2.05, 4.69) is 5.32 Å². The fourth-order valence-electron chi connectivity index (χ4n) is 2.57. The molecule has 0 saturated carbocycles. The van der Waals surface area contributed by atoms with Gasteiger partial charge in [-0.05, 0) is 43.3 Å². The lowest BCUT2D eigenvalue weighted by molar-refractivity contribution is -0.138. The number of benzene rings is 2. The van der Waals surface area contributed by atoms with Gasteiger partial charge in [0.05, 0.1) is 6.42 Å².